The van der Waals surface area contributed by atoms with Crippen LogP contribution in [-0.4, -0.2) is 22.0 Å². The zero-order chi connectivity index (χ0) is 14.8. The Morgan fingerprint density at radius 3 is 2.71 bits per heavy atom. The van der Waals surface area contributed by atoms with Crippen LogP contribution in [0.5, 0.6) is 0 Å². The van der Waals surface area contributed by atoms with Crippen LogP contribution in [0.1, 0.15) is 20.8 Å². The van der Waals surface area contributed by atoms with Crippen LogP contribution in [0.3, 0.4) is 0 Å². The molecule has 3 aromatic rings. The van der Waals surface area contributed by atoms with Gasteiger partial charge in [0.25, 0.3) is 5.91 Å². The third-order valence-electron chi connectivity index (χ3n) is 2.63. The Kier molecular flexibility index (Phi) is 3.82. The Morgan fingerprint density at radius 1 is 1.14 bits per heavy atom. The summed E-state index contributed by atoms with van der Waals surface area (Å²) in [6.07, 6.45) is 0. The van der Waals surface area contributed by atoms with Gasteiger partial charge in [0.1, 0.15) is 15.7 Å². The molecule has 2 N–H and O–H groups in total. The van der Waals surface area contributed by atoms with Crippen molar-refractivity contribution in [3.63, 3.8) is 0 Å². The molecule has 8 heteroatoms. The zero-order valence-electron chi connectivity index (χ0n) is 10.4. The van der Waals surface area contributed by atoms with Crippen molar-refractivity contribution < 1.29 is 14.7 Å². The molecule has 5 nitrogen and oxygen atoms in total. The maximum absolute atomic E-state index is 12.1. The molecule has 0 radical (unpaired) electrons. The number of thiazole rings is 1. The first-order valence-corrected chi connectivity index (χ1v) is 8.45. The second-order valence-corrected chi connectivity index (χ2v) is 6.53. The number of carboxylic acid groups (broad SMARTS) is 1. The molecule has 3 rings (SSSR count). The molecule has 3 aromatic heterocycles. The molecule has 0 aliphatic heterocycles. The van der Waals surface area contributed by atoms with Crippen molar-refractivity contribution in [1.82, 2.24) is 4.98 Å². The van der Waals surface area contributed by atoms with Gasteiger partial charge in [-0.1, -0.05) is 0 Å². The summed E-state index contributed by atoms with van der Waals surface area (Å²) in [5.41, 5.74) is 1.35. The van der Waals surface area contributed by atoms with Crippen molar-refractivity contribution in [2.24, 2.45) is 0 Å². The first-order valence-electron chi connectivity index (χ1n) is 5.75. The number of carbonyl (C=O) groups is 2. The standard InChI is InChI=1S/C13H8N2O3S3/c16-10(15-12-8(13(17)18)2-4-20-12)9-6-21-11(14-9)7-1-3-19-5-7/h1-6H,(H,15,16)(H,17,18). The van der Waals surface area contributed by atoms with E-state index in [9.17, 15) is 9.59 Å². The largest absolute Gasteiger partial charge is 0.478 e. The summed E-state index contributed by atoms with van der Waals surface area (Å²) < 4.78 is 0. The number of hydrogen-bond donors (Lipinski definition) is 2. The summed E-state index contributed by atoms with van der Waals surface area (Å²) in [4.78, 5) is 27.4. The number of anilines is 1. The van der Waals surface area contributed by atoms with Gasteiger partial charge >= 0.3 is 5.97 Å². The van der Waals surface area contributed by atoms with Crippen molar-refractivity contribution in [3.05, 3.63) is 44.9 Å². The molecule has 0 bridgehead atoms. The lowest BCUT2D eigenvalue weighted by Crippen LogP contribution is -2.13. The van der Waals surface area contributed by atoms with Crippen LogP contribution in [-0.2, 0) is 0 Å². The number of rotatable bonds is 4. The van der Waals surface area contributed by atoms with E-state index in [1.54, 1.807) is 22.1 Å². The van der Waals surface area contributed by atoms with E-state index in [0.29, 0.717) is 5.00 Å². The summed E-state index contributed by atoms with van der Waals surface area (Å²) in [6, 6.07) is 3.40. The third-order valence-corrected chi connectivity index (χ3v) is 5.03. The smallest absolute Gasteiger partial charge is 0.338 e. The highest BCUT2D eigenvalue weighted by Gasteiger charge is 2.17. The fourth-order valence-electron chi connectivity index (χ4n) is 1.64. The first kappa shape index (κ1) is 13.9. The van der Waals surface area contributed by atoms with Gasteiger partial charge in [-0.2, -0.15) is 11.3 Å². The minimum Gasteiger partial charge on any atom is -0.478 e. The van der Waals surface area contributed by atoms with Crippen LogP contribution in [0.4, 0.5) is 5.00 Å². The Morgan fingerprint density at radius 2 is 2.00 bits per heavy atom. The van der Waals surface area contributed by atoms with Gasteiger partial charge in [-0.3, -0.25) is 4.79 Å². The van der Waals surface area contributed by atoms with E-state index in [2.05, 4.69) is 10.3 Å². The number of carboxylic acids is 1. The third kappa shape index (κ3) is 2.87. The molecule has 21 heavy (non-hydrogen) atoms. The van der Waals surface area contributed by atoms with E-state index in [0.717, 1.165) is 10.6 Å². The Balaban J connectivity index is 1.80. The molecule has 0 aromatic carbocycles. The van der Waals surface area contributed by atoms with Crippen molar-refractivity contribution >= 4 is 50.9 Å². The van der Waals surface area contributed by atoms with Gasteiger partial charge in [-0.05, 0) is 22.9 Å². The van der Waals surface area contributed by atoms with Crippen LogP contribution in [0.15, 0.2) is 33.7 Å². The van der Waals surface area contributed by atoms with E-state index in [4.69, 9.17) is 5.11 Å². The SMILES string of the molecule is O=C(Nc1sccc1C(=O)O)c1csc(-c2ccsc2)n1. The molecule has 0 spiro atoms. The van der Waals surface area contributed by atoms with Crippen LogP contribution in [0.25, 0.3) is 10.6 Å². The number of thiophene rings is 2. The van der Waals surface area contributed by atoms with Gasteiger partial charge in [0.15, 0.2) is 0 Å². The van der Waals surface area contributed by atoms with Crippen molar-refractivity contribution in [2.75, 3.05) is 5.32 Å². The van der Waals surface area contributed by atoms with Crippen molar-refractivity contribution in [2.45, 2.75) is 0 Å². The lowest BCUT2D eigenvalue weighted by Gasteiger charge is -2.01. The number of amides is 1. The fraction of sp³-hybridized carbons (Fsp3) is 0. The number of hydrogen-bond acceptors (Lipinski definition) is 6. The second-order valence-electron chi connectivity index (χ2n) is 3.97. The molecular formula is C13H8N2O3S3. The summed E-state index contributed by atoms with van der Waals surface area (Å²) >= 11 is 4.11. The molecule has 0 aliphatic carbocycles. The van der Waals surface area contributed by atoms with Gasteiger partial charge in [0, 0.05) is 16.3 Å². The highest BCUT2D eigenvalue weighted by molar-refractivity contribution is 7.15. The van der Waals surface area contributed by atoms with Crippen molar-refractivity contribution in [3.8, 4) is 10.6 Å². The molecule has 0 unspecified atom stereocenters. The topological polar surface area (TPSA) is 79.3 Å². The van der Waals surface area contributed by atoms with Gasteiger partial charge < -0.3 is 10.4 Å². The minimum atomic E-state index is -1.07. The molecule has 0 atom stereocenters. The number of aromatic carboxylic acids is 1. The summed E-state index contributed by atoms with van der Waals surface area (Å²) in [6.45, 7) is 0. The lowest BCUT2D eigenvalue weighted by atomic mass is 10.3. The van der Waals surface area contributed by atoms with Gasteiger partial charge in [0.2, 0.25) is 0 Å². The molecule has 0 saturated heterocycles. The van der Waals surface area contributed by atoms with Gasteiger partial charge in [-0.15, -0.1) is 22.7 Å². The zero-order valence-corrected chi connectivity index (χ0v) is 12.8. The number of aromatic nitrogens is 1. The lowest BCUT2D eigenvalue weighted by molar-refractivity contribution is 0.0698. The predicted molar refractivity (Wildman–Crippen MR) is 84.7 cm³/mol. The summed E-state index contributed by atoms with van der Waals surface area (Å²) in [5.74, 6) is -1.47. The Bertz CT molecular complexity index is 789. The number of nitrogens with zero attached hydrogens (tertiary/aromatic N) is 1. The van der Waals surface area contributed by atoms with Crippen LogP contribution in [0, 0.1) is 0 Å². The van der Waals surface area contributed by atoms with Crippen molar-refractivity contribution in [1.29, 1.82) is 0 Å². The van der Waals surface area contributed by atoms with E-state index >= 15 is 0 Å². The maximum Gasteiger partial charge on any atom is 0.338 e. The molecule has 106 valence electrons. The Hall–Kier alpha value is -2.03. The average Bonchev–Trinajstić information content (AvgIpc) is 3.19. The summed E-state index contributed by atoms with van der Waals surface area (Å²) in [5, 5.41) is 19.9. The molecule has 1 amide bonds. The highest BCUT2D eigenvalue weighted by atomic mass is 32.1. The molecule has 3 heterocycles. The average molecular weight is 336 g/mol. The quantitative estimate of drug-likeness (QED) is 0.757. The minimum absolute atomic E-state index is 0.0848. The molecule has 0 saturated carbocycles. The number of carbonyl (C=O) groups excluding carboxylic acids is 1. The van der Waals surface area contributed by atoms with Crippen LogP contribution in [0.2, 0.25) is 0 Å². The normalized spacial score (nSPS) is 10.5. The Labute approximate surface area is 131 Å². The van der Waals surface area contributed by atoms with E-state index in [1.807, 2.05) is 16.8 Å². The van der Waals surface area contributed by atoms with Gasteiger partial charge in [0.05, 0.1) is 5.56 Å². The second kappa shape index (κ2) is 5.76. The maximum atomic E-state index is 12.1. The molecular weight excluding hydrogens is 328 g/mol. The predicted octanol–water partition coefficient (Wildman–Crippen LogP) is 3.88. The monoisotopic (exact) mass is 336 g/mol. The number of nitrogens with one attached hydrogen (secondary N) is 1. The fourth-order valence-corrected chi connectivity index (χ4v) is 3.92. The highest BCUT2D eigenvalue weighted by Crippen LogP contribution is 2.27. The van der Waals surface area contributed by atoms with Crippen LogP contribution < -0.4 is 5.32 Å². The summed E-state index contributed by atoms with van der Waals surface area (Å²) in [7, 11) is 0. The van der Waals surface area contributed by atoms with E-state index in [-0.39, 0.29) is 11.3 Å². The molecule has 0 aliphatic rings. The van der Waals surface area contributed by atoms with E-state index in [1.165, 1.54) is 28.7 Å². The van der Waals surface area contributed by atoms with Crippen LogP contribution >= 0.6 is 34.0 Å². The first-order chi connectivity index (χ1) is 10.1. The van der Waals surface area contributed by atoms with Gasteiger partial charge in [-0.25, -0.2) is 9.78 Å². The molecule has 0 fully saturated rings. The van der Waals surface area contributed by atoms with E-state index < -0.39 is 11.9 Å².